The smallest absolute Gasteiger partial charge is 0.240 e. The molecule has 1 heterocycles. The van der Waals surface area contributed by atoms with Crippen LogP contribution in [0.1, 0.15) is 28.8 Å². The van der Waals surface area contributed by atoms with Crippen molar-refractivity contribution >= 4 is 0 Å². The van der Waals surface area contributed by atoms with E-state index in [1.807, 2.05) is 0 Å². The van der Waals surface area contributed by atoms with E-state index in [0.717, 1.165) is 18.8 Å². The highest BCUT2D eigenvalue weighted by molar-refractivity contribution is 5.43. The van der Waals surface area contributed by atoms with Crippen LogP contribution in [0, 0.1) is 0 Å². The first kappa shape index (κ1) is 11.2. The van der Waals surface area contributed by atoms with Crippen LogP contribution in [0.2, 0.25) is 0 Å². The van der Waals surface area contributed by atoms with Crippen molar-refractivity contribution in [3.05, 3.63) is 59.8 Å². The fourth-order valence-electron chi connectivity index (χ4n) is 2.25. The van der Waals surface area contributed by atoms with Crippen molar-refractivity contribution < 1.29 is 4.52 Å². The molecule has 4 nitrogen and oxygen atoms in total. The molecule has 1 atom stereocenters. The number of benzene rings is 1. The van der Waals surface area contributed by atoms with Gasteiger partial charge >= 0.3 is 0 Å². The highest BCUT2D eigenvalue weighted by Gasteiger charge is 2.30. The van der Waals surface area contributed by atoms with Crippen LogP contribution in [0.5, 0.6) is 0 Å². The van der Waals surface area contributed by atoms with Crippen LogP contribution in [0.15, 0.2) is 41.4 Å². The van der Waals surface area contributed by atoms with Gasteiger partial charge in [-0.15, -0.1) is 6.58 Å². The SMILES string of the molecule is C=CCNCc1nc(C2Cc3ccccc32)no1. The van der Waals surface area contributed by atoms with E-state index < -0.39 is 0 Å². The average Bonchev–Trinajstić information content (AvgIpc) is 2.80. The van der Waals surface area contributed by atoms with Gasteiger partial charge in [-0.25, -0.2) is 0 Å². The van der Waals surface area contributed by atoms with Gasteiger partial charge < -0.3 is 9.84 Å². The molecule has 1 aromatic heterocycles. The van der Waals surface area contributed by atoms with E-state index in [1.165, 1.54) is 11.1 Å². The van der Waals surface area contributed by atoms with Crippen molar-refractivity contribution in [1.29, 1.82) is 0 Å². The molecule has 1 aliphatic carbocycles. The van der Waals surface area contributed by atoms with E-state index in [1.54, 1.807) is 6.08 Å². The molecule has 0 saturated heterocycles. The van der Waals surface area contributed by atoms with Crippen LogP contribution >= 0.6 is 0 Å². The number of nitrogens with zero attached hydrogens (tertiary/aromatic N) is 2. The maximum Gasteiger partial charge on any atom is 0.240 e. The average molecular weight is 241 g/mol. The minimum absolute atomic E-state index is 0.304. The topological polar surface area (TPSA) is 51.0 Å². The summed E-state index contributed by atoms with van der Waals surface area (Å²) in [4.78, 5) is 4.43. The molecule has 92 valence electrons. The number of fused-ring (bicyclic) bond motifs is 1. The van der Waals surface area contributed by atoms with Gasteiger partial charge in [-0.1, -0.05) is 35.5 Å². The Balaban J connectivity index is 1.70. The molecule has 0 aliphatic heterocycles. The largest absolute Gasteiger partial charge is 0.338 e. The van der Waals surface area contributed by atoms with Crippen LogP contribution < -0.4 is 5.32 Å². The first-order chi connectivity index (χ1) is 8.88. The van der Waals surface area contributed by atoms with Gasteiger partial charge in [0.25, 0.3) is 0 Å². The normalized spacial score (nSPS) is 17.0. The molecule has 0 amide bonds. The fourth-order valence-corrected chi connectivity index (χ4v) is 2.25. The number of rotatable bonds is 5. The summed E-state index contributed by atoms with van der Waals surface area (Å²) < 4.78 is 5.23. The predicted molar refractivity (Wildman–Crippen MR) is 68.2 cm³/mol. The minimum atomic E-state index is 0.304. The second-order valence-corrected chi connectivity index (χ2v) is 4.42. The lowest BCUT2D eigenvalue weighted by molar-refractivity contribution is 0.362. The molecule has 3 rings (SSSR count). The lowest BCUT2D eigenvalue weighted by atomic mass is 9.77. The Morgan fingerprint density at radius 3 is 3.17 bits per heavy atom. The summed E-state index contributed by atoms with van der Waals surface area (Å²) >= 11 is 0. The molecule has 4 heteroatoms. The van der Waals surface area contributed by atoms with E-state index in [2.05, 4.69) is 46.3 Å². The first-order valence-electron chi connectivity index (χ1n) is 6.10. The zero-order chi connectivity index (χ0) is 12.4. The second kappa shape index (κ2) is 4.74. The number of nitrogens with one attached hydrogen (secondary N) is 1. The van der Waals surface area contributed by atoms with Crippen LogP contribution in [0.3, 0.4) is 0 Å². The van der Waals surface area contributed by atoms with Gasteiger partial charge in [-0.3, -0.25) is 0 Å². The summed E-state index contributed by atoms with van der Waals surface area (Å²) in [5, 5.41) is 7.21. The zero-order valence-corrected chi connectivity index (χ0v) is 10.1. The Labute approximate surface area is 106 Å². The van der Waals surface area contributed by atoms with E-state index in [4.69, 9.17) is 4.52 Å². The highest BCUT2D eigenvalue weighted by atomic mass is 16.5. The molecule has 0 fully saturated rings. The molecule has 1 unspecified atom stereocenters. The standard InChI is InChI=1S/C14H15N3O/c1-2-7-15-9-13-16-14(17-18-13)12-8-10-5-3-4-6-11(10)12/h2-6,12,15H,1,7-9H2. The molecule has 2 aromatic rings. The molecule has 0 bridgehead atoms. The van der Waals surface area contributed by atoms with Crippen molar-refractivity contribution in [3.63, 3.8) is 0 Å². The first-order valence-corrected chi connectivity index (χ1v) is 6.10. The van der Waals surface area contributed by atoms with Crippen molar-refractivity contribution in [2.24, 2.45) is 0 Å². The van der Waals surface area contributed by atoms with Crippen LogP contribution in [0.25, 0.3) is 0 Å². The van der Waals surface area contributed by atoms with Crippen LogP contribution in [-0.2, 0) is 13.0 Å². The Hall–Kier alpha value is -1.94. The summed E-state index contributed by atoms with van der Waals surface area (Å²) in [6.07, 6.45) is 2.81. The summed E-state index contributed by atoms with van der Waals surface area (Å²) in [6, 6.07) is 8.40. The Morgan fingerprint density at radius 2 is 2.33 bits per heavy atom. The predicted octanol–water partition coefficient (Wildman–Crippen LogP) is 2.03. The maximum absolute atomic E-state index is 5.23. The number of hydrogen-bond donors (Lipinski definition) is 1. The van der Waals surface area contributed by atoms with Gasteiger partial charge in [0.2, 0.25) is 5.89 Å². The molecule has 0 spiro atoms. The van der Waals surface area contributed by atoms with Gasteiger partial charge in [-0.05, 0) is 17.5 Å². The van der Waals surface area contributed by atoms with Gasteiger partial charge in [0, 0.05) is 6.54 Å². The summed E-state index contributed by atoms with van der Waals surface area (Å²) in [7, 11) is 0. The summed E-state index contributed by atoms with van der Waals surface area (Å²) in [5.41, 5.74) is 2.71. The van der Waals surface area contributed by atoms with Gasteiger partial charge in [0.1, 0.15) is 0 Å². The third kappa shape index (κ3) is 1.95. The molecule has 18 heavy (non-hydrogen) atoms. The molecular weight excluding hydrogens is 226 g/mol. The van der Waals surface area contributed by atoms with Crippen molar-refractivity contribution in [1.82, 2.24) is 15.5 Å². The fraction of sp³-hybridized carbons (Fsp3) is 0.286. The van der Waals surface area contributed by atoms with Gasteiger partial charge in [-0.2, -0.15) is 4.98 Å². The molecule has 1 N–H and O–H groups in total. The number of hydrogen-bond acceptors (Lipinski definition) is 4. The van der Waals surface area contributed by atoms with Crippen LogP contribution in [0.4, 0.5) is 0 Å². The number of aromatic nitrogens is 2. The van der Waals surface area contributed by atoms with Crippen molar-refractivity contribution in [2.75, 3.05) is 6.54 Å². The van der Waals surface area contributed by atoms with Gasteiger partial charge in [0.05, 0.1) is 12.5 Å². The lowest BCUT2D eigenvalue weighted by Crippen LogP contribution is -2.19. The highest BCUT2D eigenvalue weighted by Crippen LogP contribution is 2.38. The Kier molecular flexibility index (Phi) is 2.94. The monoisotopic (exact) mass is 241 g/mol. The van der Waals surface area contributed by atoms with E-state index >= 15 is 0 Å². The van der Waals surface area contributed by atoms with E-state index in [0.29, 0.717) is 18.4 Å². The maximum atomic E-state index is 5.23. The van der Waals surface area contributed by atoms with Crippen molar-refractivity contribution in [3.8, 4) is 0 Å². The summed E-state index contributed by atoms with van der Waals surface area (Å²) in [5.74, 6) is 1.73. The minimum Gasteiger partial charge on any atom is -0.338 e. The lowest BCUT2D eigenvalue weighted by Gasteiger charge is -2.27. The summed E-state index contributed by atoms with van der Waals surface area (Å²) in [6.45, 7) is 4.97. The van der Waals surface area contributed by atoms with Crippen molar-refractivity contribution in [2.45, 2.75) is 18.9 Å². The molecule has 1 aliphatic rings. The van der Waals surface area contributed by atoms with Gasteiger partial charge in [0.15, 0.2) is 5.82 Å². The molecule has 0 radical (unpaired) electrons. The third-order valence-corrected chi connectivity index (χ3v) is 3.21. The van der Waals surface area contributed by atoms with Crippen LogP contribution in [-0.4, -0.2) is 16.7 Å². The quantitative estimate of drug-likeness (QED) is 0.643. The Bertz CT molecular complexity index is 562. The second-order valence-electron chi connectivity index (χ2n) is 4.42. The molecular formula is C14H15N3O. The Morgan fingerprint density at radius 1 is 1.44 bits per heavy atom. The molecule has 0 saturated carbocycles. The van der Waals surface area contributed by atoms with E-state index in [9.17, 15) is 0 Å². The van der Waals surface area contributed by atoms with E-state index in [-0.39, 0.29) is 0 Å². The zero-order valence-electron chi connectivity index (χ0n) is 10.1. The molecule has 1 aromatic carbocycles. The third-order valence-electron chi connectivity index (χ3n) is 3.21.